The standard InChI is InChI=1S/2C13H16O4.2C2H6.CH4/c2*14-11-6-13(17-8-12(11)15)5-9-3-1-2-4-10(9)7-16-13;2*1-2;/h2*1-4,11-12,14-15H,5-8H2;2*1-2H3;1H4/t11-,12+,13+;11-,12+,13-;;;/m00.../s1. The predicted molar refractivity (Wildman–Crippen MR) is 150 cm³/mol. The van der Waals surface area contributed by atoms with E-state index in [1.165, 1.54) is 22.3 Å². The molecule has 4 N–H and O–H groups in total. The molecule has 2 spiro atoms. The van der Waals surface area contributed by atoms with Crippen LogP contribution < -0.4 is 0 Å². The summed E-state index contributed by atoms with van der Waals surface area (Å²) in [5.74, 6) is -1.51. The van der Waals surface area contributed by atoms with Gasteiger partial charge in [-0.2, -0.15) is 0 Å². The lowest BCUT2D eigenvalue weighted by Gasteiger charge is -2.43. The topological polar surface area (TPSA) is 118 Å². The number of hydrogen-bond acceptors (Lipinski definition) is 8. The highest BCUT2D eigenvalue weighted by Crippen LogP contribution is 2.37. The smallest absolute Gasteiger partial charge is 0.175 e. The van der Waals surface area contributed by atoms with Crippen molar-refractivity contribution in [2.75, 3.05) is 13.2 Å². The molecule has 6 rings (SSSR count). The third-order valence-electron chi connectivity index (χ3n) is 7.10. The summed E-state index contributed by atoms with van der Waals surface area (Å²) in [7, 11) is 0. The lowest BCUT2D eigenvalue weighted by molar-refractivity contribution is -0.300. The van der Waals surface area contributed by atoms with Crippen LogP contribution in [0.2, 0.25) is 0 Å². The zero-order valence-corrected chi connectivity index (χ0v) is 23.0. The van der Waals surface area contributed by atoms with Crippen molar-refractivity contribution in [3.05, 3.63) is 70.8 Å². The summed E-state index contributed by atoms with van der Waals surface area (Å²) >= 11 is 0. The van der Waals surface area contributed by atoms with Gasteiger partial charge in [0, 0.05) is 25.7 Å². The number of fused-ring (bicyclic) bond motifs is 2. The third kappa shape index (κ3) is 8.08. The fourth-order valence-corrected chi connectivity index (χ4v) is 5.01. The Morgan fingerprint density at radius 3 is 1.21 bits per heavy atom. The molecule has 220 valence electrons. The van der Waals surface area contributed by atoms with Crippen LogP contribution in [0.1, 0.15) is 70.2 Å². The van der Waals surface area contributed by atoms with E-state index in [4.69, 9.17) is 18.9 Å². The van der Waals surface area contributed by atoms with E-state index in [1.54, 1.807) is 0 Å². The molecule has 6 atom stereocenters. The van der Waals surface area contributed by atoms with Crippen LogP contribution in [0.3, 0.4) is 0 Å². The van der Waals surface area contributed by atoms with Gasteiger partial charge in [0.2, 0.25) is 0 Å². The van der Waals surface area contributed by atoms with E-state index in [1.807, 2.05) is 64.1 Å². The second-order valence-electron chi connectivity index (χ2n) is 9.59. The van der Waals surface area contributed by atoms with Crippen molar-refractivity contribution in [3.8, 4) is 0 Å². The fourth-order valence-electron chi connectivity index (χ4n) is 5.01. The van der Waals surface area contributed by atoms with Crippen molar-refractivity contribution < 1.29 is 39.4 Å². The van der Waals surface area contributed by atoms with Gasteiger partial charge in [0.25, 0.3) is 0 Å². The van der Waals surface area contributed by atoms with Crippen molar-refractivity contribution in [2.24, 2.45) is 0 Å². The van der Waals surface area contributed by atoms with Crippen molar-refractivity contribution in [1.29, 1.82) is 0 Å². The van der Waals surface area contributed by atoms with Crippen LogP contribution in [0.5, 0.6) is 0 Å². The van der Waals surface area contributed by atoms with E-state index >= 15 is 0 Å². The minimum atomic E-state index is -0.804. The summed E-state index contributed by atoms with van der Waals surface area (Å²) < 4.78 is 22.7. The van der Waals surface area contributed by atoms with E-state index in [0.29, 0.717) is 38.9 Å². The molecule has 8 nitrogen and oxygen atoms in total. The van der Waals surface area contributed by atoms with Crippen LogP contribution in [0, 0.1) is 0 Å². The van der Waals surface area contributed by atoms with Crippen LogP contribution in [0.4, 0.5) is 0 Å². The molecule has 0 bridgehead atoms. The van der Waals surface area contributed by atoms with Crippen molar-refractivity contribution in [2.45, 2.75) is 110 Å². The molecule has 0 radical (unpaired) electrons. The molecule has 2 aromatic rings. The second kappa shape index (κ2) is 15.2. The van der Waals surface area contributed by atoms with Crippen LogP contribution in [-0.2, 0) is 45.0 Å². The van der Waals surface area contributed by atoms with Gasteiger partial charge in [-0.15, -0.1) is 0 Å². The lowest BCUT2D eigenvalue weighted by atomic mass is 9.90. The van der Waals surface area contributed by atoms with Crippen molar-refractivity contribution >= 4 is 0 Å². The maximum Gasteiger partial charge on any atom is 0.175 e. The number of hydrogen-bond donors (Lipinski definition) is 4. The minimum Gasteiger partial charge on any atom is -0.390 e. The molecule has 4 aliphatic heterocycles. The molecule has 8 heteroatoms. The summed E-state index contributed by atoms with van der Waals surface area (Å²) in [6, 6.07) is 16.1. The Kier molecular flexibility index (Phi) is 13.0. The molecular weight excluding hydrogens is 500 g/mol. The number of aliphatic hydroxyl groups excluding tert-OH is 4. The molecule has 4 heterocycles. The normalized spacial score (nSPS) is 32.4. The third-order valence-corrected chi connectivity index (χ3v) is 7.10. The number of rotatable bonds is 0. The second-order valence-corrected chi connectivity index (χ2v) is 9.59. The molecule has 39 heavy (non-hydrogen) atoms. The minimum absolute atomic E-state index is 0. The molecule has 4 aliphatic rings. The molecule has 0 saturated carbocycles. The van der Waals surface area contributed by atoms with Crippen molar-refractivity contribution in [1.82, 2.24) is 0 Å². The van der Waals surface area contributed by atoms with E-state index < -0.39 is 36.0 Å². The Labute approximate surface area is 233 Å². The average molecular weight is 549 g/mol. The van der Waals surface area contributed by atoms with Gasteiger partial charge in [-0.3, -0.25) is 0 Å². The zero-order chi connectivity index (χ0) is 27.8. The molecule has 0 amide bonds. The first-order valence-corrected chi connectivity index (χ1v) is 13.8. The highest BCUT2D eigenvalue weighted by Gasteiger charge is 2.45. The fraction of sp³-hybridized carbons (Fsp3) is 0.613. The molecule has 0 aromatic heterocycles. The Hall–Kier alpha value is -1.88. The first-order valence-electron chi connectivity index (χ1n) is 13.8. The van der Waals surface area contributed by atoms with Gasteiger partial charge in [-0.1, -0.05) is 83.7 Å². The Balaban J connectivity index is 0.000000238. The number of benzene rings is 2. The van der Waals surface area contributed by atoms with Crippen LogP contribution >= 0.6 is 0 Å². The van der Waals surface area contributed by atoms with E-state index in [-0.39, 0.29) is 20.6 Å². The van der Waals surface area contributed by atoms with Gasteiger partial charge in [-0.25, -0.2) is 0 Å². The maximum atomic E-state index is 9.73. The molecule has 2 fully saturated rings. The van der Waals surface area contributed by atoms with Gasteiger partial charge >= 0.3 is 0 Å². The molecule has 2 saturated heterocycles. The molecular formula is C31H48O8. The first-order chi connectivity index (χ1) is 18.4. The molecule has 0 aliphatic carbocycles. The molecule has 0 unspecified atom stereocenters. The van der Waals surface area contributed by atoms with Crippen LogP contribution in [-0.4, -0.2) is 69.6 Å². The van der Waals surface area contributed by atoms with Gasteiger partial charge in [0.1, 0.15) is 12.2 Å². The number of aliphatic hydroxyl groups is 4. The summed E-state index contributed by atoms with van der Waals surface area (Å²) in [4.78, 5) is 0. The van der Waals surface area contributed by atoms with E-state index in [9.17, 15) is 20.4 Å². The van der Waals surface area contributed by atoms with E-state index in [0.717, 1.165) is 0 Å². The summed E-state index contributed by atoms with van der Waals surface area (Å²) in [5.41, 5.74) is 4.73. The Morgan fingerprint density at radius 2 is 0.872 bits per heavy atom. The van der Waals surface area contributed by atoms with Gasteiger partial charge in [0.15, 0.2) is 11.6 Å². The summed E-state index contributed by atoms with van der Waals surface area (Å²) in [5, 5.41) is 38.4. The van der Waals surface area contributed by atoms with Gasteiger partial charge in [-0.05, 0) is 22.3 Å². The SMILES string of the molecule is C.CC.CC.O[C@@H]1CO[C@@]2(Cc3ccccc3CO2)C[C@@H]1O.O[C@@H]1CO[C@]2(Cc3ccccc3CO2)C[C@@H]1O. The summed E-state index contributed by atoms with van der Waals surface area (Å²) in [6.07, 6.45) is -1.24. The quantitative estimate of drug-likeness (QED) is 0.392. The monoisotopic (exact) mass is 548 g/mol. The van der Waals surface area contributed by atoms with E-state index in [2.05, 4.69) is 12.1 Å². The maximum absolute atomic E-state index is 9.73. The summed E-state index contributed by atoms with van der Waals surface area (Å²) in [6.45, 7) is 9.25. The van der Waals surface area contributed by atoms with Gasteiger partial charge in [0.05, 0.1) is 38.6 Å². The van der Waals surface area contributed by atoms with Crippen LogP contribution in [0.25, 0.3) is 0 Å². The van der Waals surface area contributed by atoms with Crippen molar-refractivity contribution in [3.63, 3.8) is 0 Å². The molecule has 2 aromatic carbocycles. The Bertz CT molecular complexity index is 921. The predicted octanol–water partition coefficient (Wildman–Crippen LogP) is 3.88. The zero-order valence-electron chi connectivity index (χ0n) is 23.0. The average Bonchev–Trinajstić information content (AvgIpc) is 2.96. The lowest BCUT2D eigenvalue weighted by Crippen LogP contribution is -2.53. The number of ether oxygens (including phenoxy) is 4. The highest BCUT2D eigenvalue weighted by molar-refractivity contribution is 5.30. The van der Waals surface area contributed by atoms with Gasteiger partial charge < -0.3 is 39.4 Å². The Morgan fingerprint density at radius 1 is 0.538 bits per heavy atom. The van der Waals surface area contributed by atoms with Crippen LogP contribution in [0.15, 0.2) is 48.5 Å². The first kappa shape index (κ1) is 33.3. The highest BCUT2D eigenvalue weighted by atomic mass is 16.7. The largest absolute Gasteiger partial charge is 0.390 e.